The maximum atomic E-state index is 10.6. The fraction of sp³-hybridized carbons (Fsp3) is 0.143. The normalized spacial score (nSPS) is 11.0. The number of hydrogen-bond donors (Lipinski definition) is 1. The van der Waals surface area contributed by atoms with Crippen LogP contribution < -0.4 is 26.1 Å². The quantitative estimate of drug-likeness (QED) is 0.469. The van der Waals surface area contributed by atoms with E-state index in [0.29, 0.717) is 13.1 Å². The van der Waals surface area contributed by atoms with Gasteiger partial charge < -0.3 is 22.1 Å². The molecule has 0 spiro atoms. The zero-order valence-electron chi connectivity index (χ0n) is 13.8. The van der Waals surface area contributed by atoms with Gasteiger partial charge in [0, 0.05) is 35.0 Å². The predicted molar refractivity (Wildman–Crippen MR) is 94.3 cm³/mol. The summed E-state index contributed by atoms with van der Waals surface area (Å²) in [5, 5.41) is 13.0. The second kappa shape index (κ2) is 7.72. The molecule has 0 saturated heterocycles. The molecule has 0 radical (unpaired) electrons. The first-order valence-corrected chi connectivity index (χ1v) is 8.24. The summed E-state index contributed by atoms with van der Waals surface area (Å²) in [6.45, 7) is 1.13. The summed E-state index contributed by atoms with van der Waals surface area (Å²) >= 11 is 0. The third-order valence-electron chi connectivity index (χ3n) is 4.39. The topological polar surface area (TPSA) is 28.0 Å². The summed E-state index contributed by atoms with van der Waals surface area (Å²) in [6, 6.07) is 24.8. The van der Waals surface area contributed by atoms with Crippen molar-refractivity contribution in [2.45, 2.75) is 19.2 Å². The SMILES string of the molecule is OC(C[n+]1cccc2ccccc21)C[n+]1cccc2ccccc21.[Br-]. The summed E-state index contributed by atoms with van der Waals surface area (Å²) in [5.74, 6) is 0. The molecule has 0 bridgehead atoms. The molecule has 2 heterocycles. The molecule has 1 N–H and O–H groups in total. The molecular formula is C21H20BrN2O+. The van der Waals surface area contributed by atoms with Crippen LogP contribution in [0.25, 0.3) is 21.8 Å². The molecule has 0 saturated carbocycles. The molecule has 0 aliphatic rings. The lowest BCUT2D eigenvalue weighted by Crippen LogP contribution is -3.00. The van der Waals surface area contributed by atoms with Crippen molar-refractivity contribution >= 4 is 21.8 Å². The third-order valence-corrected chi connectivity index (χ3v) is 4.39. The summed E-state index contributed by atoms with van der Waals surface area (Å²) in [5.41, 5.74) is 2.28. The van der Waals surface area contributed by atoms with Crippen LogP contribution in [0.3, 0.4) is 0 Å². The highest BCUT2D eigenvalue weighted by Gasteiger charge is 2.19. The Labute approximate surface area is 157 Å². The molecule has 0 aliphatic heterocycles. The van der Waals surface area contributed by atoms with Crippen LogP contribution in [0.4, 0.5) is 0 Å². The molecule has 3 nitrogen and oxygen atoms in total. The van der Waals surface area contributed by atoms with Crippen molar-refractivity contribution < 1.29 is 31.2 Å². The molecule has 25 heavy (non-hydrogen) atoms. The fourth-order valence-electron chi connectivity index (χ4n) is 3.27. The molecule has 4 aromatic rings. The minimum absolute atomic E-state index is 0. The fourth-order valence-corrected chi connectivity index (χ4v) is 3.27. The van der Waals surface area contributed by atoms with E-state index in [1.807, 2.05) is 48.8 Å². The largest absolute Gasteiger partial charge is 1.00 e. The minimum Gasteiger partial charge on any atom is -1.00 e. The van der Waals surface area contributed by atoms with Gasteiger partial charge in [-0.3, -0.25) is 0 Å². The average molecular weight is 396 g/mol. The van der Waals surface area contributed by atoms with Gasteiger partial charge in [-0.25, -0.2) is 0 Å². The van der Waals surface area contributed by atoms with Crippen LogP contribution in [-0.2, 0) is 13.1 Å². The number of halogens is 1. The van der Waals surface area contributed by atoms with Crippen molar-refractivity contribution in [2.24, 2.45) is 0 Å². The van der Waals surface area contributed by atoms with Gasteiger partial charge in [-0.1, -0.05) is 24.3 Å². The molecule has 0 amide bonds. The van der Waals surface area contributed by atoms with Gasteiger partial charge in [-0.15, -0.1) is 0 Å². The second-order valence-corrected chi connectivity index (χ2v) is 6.09. The summed E-state index contributed by atoms with van der Waals surface area (Å²) < 4.78 is 4.23. The van der Waals surface area contributed by atoms with Gasteiger partial charge in [0.25, 0.3) is 0 Å². The predicted octanol–water partition coefficient (Wildman–Crippen LogP) is -0.367. The third kappa shape index (κ3) is 3.70. The van der Waals surface area contributed by atoms with Crippen LogP contribution in [0.5, 0.6) is 0 Å². The van der Waals surface area contributed by atoms with Gasteiger partial charge in [-0.05, 0) is 24.3 Å². The number of pyridine rings is 2. The van der Waals surface area contributed by atoms with Crippen molar-refractivity contribution in [3.8, 4) is 0 Å². The number of hydrogen-bond acceptors (Lipinski definition) is 1. The Hall–Kier alpha value is -2.30. The molecular weight excluding hydrogens is 376 g/mol. The van der Waals surface area contributed by atoms with Crippen molar-refractivity contribution in [3.63, 3.8) is 0 Å². The van der Waals surface area contributed by atoms with E-state index in [0.717, 1.165) is 11.0 Å². The number of para-hydroxylation sites is 2. The Morgan fingerprint density at radius 3 is 1.52 bits per heavy atom. The Balaban J connectivity index is 0.00000182. The molecule has 4 heteroatoms. The van der Waals surface area contributed by atoms with Gasteiger partial charge in [0.05, 0.1) is 0 Å². The summed E-state index contributed by atoms with van der Waals surface area (Å²) in [4.78, 5) is 0. The minimum atomic E-state index is -0.461. The Kier molecular flexibility index (Phi) is 5.41. The van der Waals surface area contributed by atoms with Crippen LogP contribution in [0, 0.1) is 0 Å². The van der Waals surface area contributed by atoms with E-state index in [2.05, 4.69) is 45.5 Å². The van der Waals surface area contributed by atoms with E-state index < -0.39 is 6.10 Å². The molecule has 0 unspecified atom stereocenters. The molecule has 2 aromatic carbocycles. The molecule has 126 valence electrons. The number of benzene rings is 2. The number of rotatable bonds is 4. The number of aliphatic hydroxyl groups excluding tert-OH is 1. The van der Waals surface area contributed by atoms with Gasteiger partial charge in [-0.2, -0.15) is 9.13 Å². The maximum absolute atomic E-state index is 10.6. The van der Waals surface area contributed by atoms with E-state index in [1.165, 1.54) is 10.8 Å². The van der Waals surface area contributed by atoms with Crippen LogP contribution in [-0.4, -0.2) is 11.2 Å². The first kappa shape index (κ1) is 17.5. The van der Waals surface area contributed by atoms with E-state index in [-0.39, 0.29) is 17.0 Å². The smallest absolute Gasteiger partial charge is 0.212 e. The van der Waals surface area contributed by atoms with E-state index in [1.54, 1.807) is 0 Å². The number of fused-ring (bicyclic) bond motifs is 2. The standard InChI is InChI=1S/C21H20N2O.BrH/c24-19(15-22-13-5-9-17-7-1-3-11-20(17)22)16-23-14-6-10-18-8-2-4-12-21(18)23;/h1-14,19,24H,15-16H2;1H/q+2;/p-1. The first-order valence-electron chi connectivity index (χ1n) is 8.24. The molecule has 4 rings (SSSR count). The second-order valence-electron chi connectivity index (χ2n) is 6.09. The van der Waals surface area contributed by atoms with E-state index in [4.69, 9.17) is 0 Å². The van der Waals surface area contributed by atoms with Crippen molar-refractivity contribution in [3.05, 3.63) is 85.2 Å². The van der Waals surface area contributed by atoms with Crippen LogP contribution in [0.2, 0.25) is 0 Å². The molecule has 0 aliphatic carbocycles. The van der Waals surface area contributed by atoms with Gasteiger partial charge in [0.2, 0.25) is 11.0 Å². The number of aromatic nitrogens is 2. The zero-order valence-corrected chi connectivity index (χ0v) is 15.4. The van der Waals surface area contributed by atoms with E-state index in [9.17, 15) is 5.11 Å². The molecule has 2 aromatic heterocycles. The summed E-state index contributed by atoms with van der Waals surface area (Å²) in [7, 11) is 0. The molecule has 0 atom stereocenters. The molecule has 0 fully saturated rings. The van der Waals surface area contributed by atoms with Crippen molar-refractivity contribution in [1.82, 2.24) is 0 Å². The lowest BCUT2D eigenvalue weighted by molar-refractivity contribution is -0.714. The Morgan fingerprint density at radius 2 is 1.04 bits per heavy atom. The first-order chi connectivity index (χ1) is 11.8. The highest BCUT2D eigenvalue weighted by Crippen LogP contribution is 2.09. The summed E-state index contributed by atoms with van der Waals surface area (Å²) in [6.07, 6.45) is 3.59. The van der Waals surface area contributed by atoms with Crippen molar-refractivity contribution in [1.29, 1.82) is 0 Å². The van der Waals surface area contributed by atoms with Gasteiger partial charge >= 0.3 is 0 Å². The zero-order chi connectivity index (χ0) is 16.4. The highest BCUT2D eigenvalue weighted by atomic mass is 79.9. The Bertz CT molecular complexity index is 911. The average Bonchev–Trinajstić information content (AvgIpc) is 2.62. The van der Waals surface area contributed by atoms with Crippen LogP contribution in [0.1, 0.15) is 0 Å². The van der Waals surface area contributed by atoms with Crippen LogP contribution in [0.15, 0.2) is 85.2 Å². The lowest BCUT2D eigenvalue weighted by Gasteiger charge is -2.07. The lowest BCUT2D eigenvalue weighted by atomic mass is 10.2. The van der Waals surface area contributed by atoms with E-state index >= 15 is 0 Å². The van der Waals surface area contributed by atoms with Crippen LogP contribution >= 0.6 is 0 Å². The van der Waals surface area contributed by atoms with Gasteiger partial charge in [0.15, 0.2) is 31.6 Å². The van der Waals surface area contributed by atoms with Crippen molar-refractivity contribution in [2.75, 3.05) is 0 Å². The number of nitrogens with zero attached hydrogens (tertiary/aromatic N) is 2. The highest BCUT2D eigenvalue weighted by molar-refractivity contribution is 5.75. The number of aliphatic hydroxyl groups is 1. The van der Waals surface area contributed by atoms with Gasteiger partial charge in [0.1, 0.15) is 0 Å². The maximum Gasteiger partial charge on any atom is 0.212 e. The Morgan fingerprint density at radius 1 is 0.640 bits per heavy atom. The monoisotopic (exact) mass is 395 g/mol.